The fourth-order valence-corrected chi connectivity index (χ4v) is 2.61. The van der Waals surface area contributed by atoms with E-state index in [1.807, 2.05) is 25.1 Å². The van der Waals surface area contributed by atoms with Crippen molar-refractivity contribution in [1.29, 1.82) is 0 Å². The molecule has 1 aromatic heterocycles. The van der Waals surface area contributed by atoms with Crippen LogP contribution in [0.1, 0.15) is 34.1 Å². The Morgan fingerprint density at radius 2 is 1.71 bits per heavy atom. The maximum absolute atomic E-state index is 12.2. The van der Waals surface area contributed by atoms with Crippen LogP contribution in [0.4, 0.5) is 5.69 Å². The Bertz CT molecular complexity index is 991. The molecule has 0 saturated heterocycles. The van der Waals surface area contributed by atoms with Crippen molar-refractivity contribution in [3.8, 4) is 0 Å². The summed E-state index contributed by atoms with van der Waals surface area (Å²) < 4.78 is 10.1. The lowest BCUT2D eigenvalue weighted by molar-refractivity contribution is -0.119. The second-order valence-corrected chi connectivity index (χ2v) is 6.09. The number of esters is 2. The molecule has 0 aliphatic rings. The first kappa shape index (κ1) is 19.2. The molecule has 0 aliphatic carbocycles. The van der Waals surface area contributed by atoms with Gasteiger partial charge in [0.15, 0.2) is 6.61 Å². The van der Waals surface area contributed by atoms with Gasteiger partial charge < -0.3 is 19.8 Å². The Balaban J connectivity index is 1.53. The van der Waals surface area contributed by atoms with Crippen LogP contribution in [0.15, 0.2) is 54.7 Å². The van der Waals surface area contributed by atoms with Crippen LogP contribution in [-0.4, -0.2) is 36.0 Å². The summed E-state index contributed by atoms with van der Waals surface area (Å²) in [6.07, 6.45) is 2.30. The van der Waals surface area contributed by atoms with Gasteiger partial charge in [0.2, 0.25) is 0 Å². The maximum atomic E-state index is 12.2. The molecule has 0 aliphatic heterocycles. The van der Waals surface area contributed by atoms with E-state index in [2.05, 4.69) is 10.3 Å². The molecule has 28 heavy (non-hydrogen) atoms. The molecule has 0 spiro atoms. The van der Waals surface area contributed by atoms with Gasteiger partial charge in [-0.15, -0.1) is 0 Å². The smallest absolute Gasteiger partial charge is 0.340 e. The van der Waals surface area contributed by atoms with Gasteiger partial charge in [0.25, 0.3) is 5.91 Å². The summed E-state index contributed by atoms with van der Waals surface area (Å²) >= 11 is 0. The number of carbonyl (C=O) groups excluding carboxylic acids is 3. The molecule has 144 valence electrons. The van der Waals surface area contributed by atoms with Crippen LogP contribution in [0.2, 0.25) is 0 Å². The van der Waals surface area contributed by atoms with Crippen LogP contribution in [-0.2, 0) is 14.3 Å². The molecule has 0 saturated carbocycles. The first-order chi connectivity index (χ1) is 13.6. The second-order valence-electron chi connectivity index (χ2n) is 6.09. The van der Waals surface area contributed by atoms with Gasteiger partial charge in [-0.05, 0) is 36.8 Å². The molecule has 0 bridgehead atoms. The number of anilines is 1. The average Bonchev–Trinajstić information content (AvgIpc) is 3.15. The SMILES string of the molecule is CCCOC(=O)c1ccc(NC(=O)COC(=O)c2c[nH]c3ccccc23)cc1. The van der Waals surface area contributed by atoms with Crippen molar-refractivity contribution in [3.05, 3.63) is 65.9 Å². The minimum atomic E-state index is -0.582. The predicted octanol–water partition coefficient (Wildman–Crippen LogP) is 3.53. The molecule has 0 fully saturated rings. The summed E-state index contributed by atoms with van der Waals surface area (Å²) in [4.78, 5) is 39.0. The summed E-state index contributed by atoms with van der Waals surface area (Å²) in [6, 6.07) is 13.6. The van der Waals surface area contributed by atoms with E-state index in [0.717, 1.165) is 17.3 Å². The van der Waals surface area contributed by atoms with E-state index in [1.54, 1.807) is 36.5 Å². The number of nitrogens with one attached hydrogen (secondary N) is 2. The van der Waals surface area contributed by atoms with Gasteiger partial charge in [-0.2, -0.15) is 0 Å². The summed E-state index contributed by atoms with van der Waals surface area (Å²) in [5.74, 6) is -1.47. The molecule has 3 aromatic rings. The highest BCUT2D eigenvalue weighted by Crippen LogP contribution is 2.18. The van der Waals surface area contributed by atoms with Gasteiger partial charge >= 0.3 is 11.9 Å². The monoisotopic (exact) mass is 380 g/mol. The molecule has 7 nitrogen and oxygen atoms in total. The van der Waals surface area contributed by atoms with E-state index in [9.17, 15) is 14.4 Å². The molecule has 3 rings (SSSR count). The number of hydrogen-bond acceptors (Lipinski definition) is 5. The Labute approximate surface area is 161 Å². The third-order valence-electron chi connectivity index (χ3n) is 3.99. The number of para-hydroxylation sites is 1. The van der Waals surface area contributed by atoms with E-state index >= 15 is 0 Å². The van der Waals surface area contributed by atoms with Gasteiger partial charge in [-0.3, -0.25) is 4.79 Å². The Kier molecular flexibility index (Phi) is 6.06. The van der Waals surface area contributed by atoms with Crippen molar-refractivity contribution in [2.24, 2.45) is 0 Å². The molecular formula is C21H20N2O5. The number of ether oxygens (including phenoxy) is 2. The first-order valence-electron chi connectivity index (χ1n) is 8.88. The zero-order chi connectivity index (χ0) is 19.9. The summed E-state index contributed by atoms with van der Waals surface area (Å²) in [5, 5.41) is 3.35. The van der Waals surface area contributed by atoms with Crippen molar-refractivity contribution in [3.63, 3.8) is 0 Å². The van der Waals surface area contributed by atoms with E-state index in [1.165, 1.54) is 0 Å². The highest BCUT2D eigenvalue weighted by Gasteiger charge is 2.15. The van der Waals surface area contributed by atoms with Gasteiger partial charge in [-0.25, -0.2) is 9.59 Å². The lowest BCUT2D eigenvalue weighted by atomic mass is 10.2. The Morgan fingerprint density at radius 1 is 0.964 bits per heavy atom. The molecule has 0 radical (unpaired) electrons. The zero-order valence-electron chi connectivity index (χ0n) is 15.4. The fraction of sp³-hybridized carbons (Fsp3) is 0.190. The number of rotatable bonds is 7. The third kappa shape index (κ3) is 4.56. The zero-order valence-corrected chi connectivity index (χ0v) is 15.4. The molecular weight excluding hydrogens is 360 g/mol. The summed E-state index contributed by atoms with van der Waals surface area (Å²) in [5.41, 5.74) is 2.08. The lowest BCUT2D eigenvalue weighted by Crippen LogP contribution is -2.20. The Morgan fingerprint density at radius 3 is 2.46 bits per heavy atom. The van der Waals surface area contributed by atoms with Crippen LogP contribution in [0.25, 0.3) is 10.9 Å². The standard InChI is InChI=1S/C21H20N2O5/c1-2-11-27-20(25)14-7-9-15(10-8-14)23-19(24)13-28-21(26)17-12-22-18-6-4-3-5-16(17)18/h3-10,12,22H,2,11,13H2,1H3,(H,23,24). The first-order valence-corrected chi connectivity index (χ1v) is 8.88. The summed E-state index contributed by atoms with van der Waals surface area (Å²) in [6.45, 7) is 1.86. The van der Waals surface area contributed by atoms with E-state index in [-0.39, 0.29) is 0 Å². The quantitative estimate of drug-likeness (QED) is 0.611. The topological polar surface area (TPSA) is 97.5 Å². The molecule has 1 amide bonds. The molecule has 1 heterocycles. The van der Waals surface area contributed by atoms with Crippen LogP contribution >= 0.6 is 0 Å². The van der Waals surface area contributed by atoms with Crippen LogP contribution in [0, 0.1) is 0 Å². The lowest BCUT2D eigenvalue weighted by Gasteiger charge is -2.07. The number of amides is 1. The number of carbonyl (C=O) groups is 3. The predicted molar refractivity (Wildman–Crippen MR) is 104 cm³/mol. The molecule has 0 atom stereocenters. The van der Waals surface area contributed by atoms with Crippen LogP contribution in [0.5, 0.6) is 0 Å². The average molecular weight is 380 g/mol. The van der Waals surface area contributed by atoms with Crippen molar-refractivity contribution in [1.82, 2.24) is 4.98 Å². The third-order valence-corrected chi connectivity index (χ3v) is 3.99. The number of fused-ring (bicyclic) bond motifs is 1. The van der Waals surface area contributed by atoms with Crippen molar-refractivity contribution in [2.75, 3.05) is 18.5 Å². The van der Waals surface area contributed by atoms with Gasteiger partial charge in [0, 0.05) is 22.8 Å². The van der Waals surface area contributed by atoms with Crippen molar-refractivity contribution >= 4 is 34.4 Å². The number of H-pyrrole nitrogens is 1. The molecule has 0 unspecified atom stereocenters. The van der Waals surface area contributed by atoms with Crippen molar-refractivity contribution < 1.29 is 23.9 Å². The van der Waals surface area contributed by atoms with Crippen molar-refractivity contribution in [2.45, 2.75) is 13.3 Å². The van der Waals surface area contributed by atoms with E-state index in [4.69, 9.17) is 9.47 Å². The highest BCUT2D eigenvalue weighted by atomic mass is 16.5. The molecule has 2 aromatic carbocycles. The fourth-order valence-electron chi connectivity index (χ4n) is 2.61. The minimum Gasteiger partial charge on any atom is -0.462 e. The summed E-state index contributed by atoms with van der Waals surface area (Å²) in [7, 11) is 0. The van der Waals surface area contributed by atoms with E-state index in [0.29, 0.717) is 23.4 Å². The molecule has 2 N–H and O–H groups in total. The number of benzene rings is 2. The van der Waals surface area contributed by atoms with Crippen LogP contribution < -0.4 is 5.32 Å². The molecule has 7 heteroatoms. The minimum absolute atomic E-state index is 0.360. The van der Waals surface area contributed by atoms with Gasteiger partial charge in [0.1, 0.15) is 0 Å². The largest absolute Gasteiger partial charge is 0.462 e. The van der Waals surface area contributed by atoms with Gasteiger partial charge in [0.05, 0.1) is 17.7 Å². The maximum Gasteiger partial charge on any atom is 0.340 e. The number of aromatic nitrogens is 1. The Hall–Kier alpha value is -3.61. The highest BCUT2D eigenvalue weighted by molar-refractivity contribution is 6.05. The van der Waals surface area contributed by atoms with E-state index < -0.39 is 24.5 Å². The van der Waals surface area contributed by atoms with Gasteiger partial charge in [-0.1, -0.05) is 25.1 Å². The second kappa shape index (κ2) is 8.85. The number of aromatic amines is 1. The normalized spacial score (nSPS) is 10.5. The number of hydrogen-bond donors (Lipinski definition) is 2. The van der Waals surface area contributed by atoms with Crippen LogP contribution in [0.3, 0.4) is 0 Å².